The van der Waals surface area contributed by atoms with Gasteiger partial charge in [0.1, 0.15) is 0 Å². The van der Waals surface area contributed by atoms with E-state index in [0.29, 0.717) is 6.20 Å². The van der Waals surface area contributed by atoms with Crippen LogP contribution in [-0.4, -0.2) is 24.0 Å². The van der Waals surface area contributed by atoms with E-state index in [-0.39, 0.29) is 6.08 Å². The van der Waals surface area contributed by atoms with Crippen molar-refractivity contribution in [3.63, 3.8) is 0 Å². The number of esters is 1. The van der Waals surface area contributed by atoms with E-state index >= 15 is 0 Å². The van der Waals surface area contributed by atoms with Crippen LogP contribution in [0.4, 0.5) is 26.3 Å². The van der Waals surface area contributed by atoms with Crippen molar-refractivity contribution in [3.8, 4) is 0 Å². The minimum absolute atomic E-state index is 0.108. The molecule has 0 bridgehead atoms. The van der Waals surface area contributed by atoms with Crippen molar-refractivity contribution in [3.05, 3.63) is 12.3 Å². The van der Waals surface area contributed by atoms with Crippen LogP contribution >= 0.6 is 0 Å². The molecule has 0 radical (unpaired) electrons. The summed E-state index contributed by atoms with van der Waals surface area (Å²) >= 11 is 0. The third kappa shape index (κ3) is 2.14. The summed E-state index contributed by atoms with van der Waals surface area (Å²) in [6, 6.07) is 0. The fourth-order valence-corrected chi connectivity index (χ4v) is 0.749. The van der Waals surface area contributed by atoms with Crippen molar-refractivity contribution in [2.24, 2.45) is 10.2 Å². The number of halogens is 6. The summed E-state index contributed by atoms with van der Waals surface area (Å²) in [5.41, 5.74) is -3.68. The van der Waals surface area contributed by atoms with Gasteiger partial charge in [0.15, 0.2) is 0 Å². The zero-order chi connectivity index (χ0) is 12.6. The van der Waals surface area contributed by atoms with Gasteiger partial charge in [0.25, 0.3) is 0 Å². The van der Waals surface area contributed by atoms with Gasteiger partial charge in [-0.3, -0.25) is 0 Å². The molecule has 0 aliphatic carbocycles. The number of azo groups is 1. The molecule has 4 nitrogen and oxygen atoms in total. The second kappa shape index (κ2) is 3.46. The number of rotatable bonds is 1. The number of ether oxygens (including phenoxy) is 1. The molecule has 16 heavy (non-hydrogen) atoms. The topological polar surface area (TPSA) is 51.0 Å². The van der Waals surface area contributed by atoms with E-state index in [9.17, 15) is 31.1 Å². The molecule has 0 aromatic rings. The van der Waals surface area contributed by atoms with Crippen LogP contribution in [0, 0.1) is 0 Å². The Balaban J connectivity index is 2.96. The van der Waals surface area contributed by atoms with E-state index in [4.69, 9.17) is 0 Å². The van der Waals surface area contributed by atoms with E-state index < -0.39 is 24.0 Å². The average Bonchev–Trinajstić information content (AvgIpc) is 2.50. The molecule has 0 spiro atoms. The molecule has 0 saturated heterocycles. The number of hydrogen-bond acceptors (Lipinski definition) is 4. The summed E-state index contributed by atoms with van der Waals surface area (Å²) in [4.78, 5) is 10.3. The average molecular weight is 248 g/mol. The Hall–Kier alpha value is -1.61. The standard InChI is InChI=1S/C6H2F6N2O2/c7-5(8,9)3(15)16-4(6(10,11)12)1-2-13-14-4/h1-2H. The second-order valence-corrected chi connectivity index (χ2v) is 2.61. The minimum Gasteiger partial charge on any atom is -0.415 e. The largest absolute Gasteiger partial charge is 0.491 e. The van der Waals surface area contributed by atoms with E-state index in [1.807, 2.05) is 0 Å². The molecule has 0 N–H and O–H groups in total. The van der Waals surface area contributed by atoms with Crippen molar-refractivity contribution in [2.75, 3.05) is 0 Å². The van der Waals surface area contributed by atoms with Crippen LogP contribution in [0.5, 0.6) is 0 Å². The van der Waals surface area contributed by atoms with Gasteiger partial charge in [-0.25, -0.2) is 4.79 Å². The molecule has 0 aromatic carbocycles. The zero-order valence-corrected chi connectivity index (χ0v) is 7.13. The molecule has 0 fully saturated rings. The molecule has 0 amide bonds. The Morgan fingerprint density at radius 1 is 1.19 bits per heavy atom. The van der Waals surface area contributed by atoms with Crippen molar-refractivity contribution in [1.82, 2.24) is 0 Å². The quantitative estimate of drug-likeness (QED) is 0.528. The lowest BCUT2D eigenvalue weighted by Crippen LogP contribution is -2.47. The SMILES string of the molecule is O=C(OC1(C(F)(F)F)C=CN=N1)C(F)(F)F. The highest BCUT2D eigenvalue weighted by atomic mass is 19.4. The number of carbonyl (C=O) groups excluding carboxylic acids is 1. The van der Waals surface area contributed by atoms with Gasteiger partial charge in [0, 0.05) is 6.08 Å². The maximum Gasteiger partial charge on any atom is 0.491 e. The van der Waals surface area contributed by atoms with Gasteiger partial charge in [0.2, 0.25) is 0 Å². The smallest absolute Gasteiger partial charge is 0.415 e. The monoisotopic (exact) mass is 248 g/mol. The molecule has 1 rings (SSSR count). The molecule has 0 saturated carbocycles. The molecule has 1 unspecified atom stereocenters. The van der Waals surface area contributed by atoms with Crippen LogP contribution in [0.1, 0.15) is 0 Å². The molecule has 1 aliphatic heterocycles. The summed E-state index contributed by atoms with van der Waals surface area (Å²) in [6.07, 6.45) is -10.3. The molecule has 1 heterocycles. The van der Waals surface area contributed by atoms with Crippen molar-refractivity contribution < 1.29 is 35.9 Å². The fourth-order valence-electron chi connectivity index (χ4n) is 0.749. The Morgan fingerprint density at radius 3 is 2.06 bits per heavy atom. The number of nitrogens with zero attached hydrogens (tertiary/aromatic N) is 2. The van der Waals surface area contributed by atoms with Crippen LogP contribution in [0.15, 0.2) is 22.5 Å². The lowest BCUT2D eigenvalue weighted by atomic mass is 10.2. The van der Waals surface area contributed by atoms with E-state index in [1.54, 1.807) is 0 Å². The predicted octanol–water partition coefficient (Wildman–Crippen LogP) is 2.33. The van der Waals surface area contributed by atoms with E-state index in [2.05, 4.69) is 15.0 Å². The molecular formula is C6H2F6N2O2. The van der Waals surface area contributed by atoms with Crippen LogP contribution < -0.4 is 0 Å². The summed E-state index contributed by atoms with van der Waals surface area (Å²) in [7, 11) is 0. The van der Waals surface area contributed by atoms with Crippen LogP contribution in [0.25, 0.3) is 0 Å². The maximum absolute atomic E-state index is 12.3. The highest BCUT2D eigenvalue weighted by Gasteiger charge is 2.61. The Morgan fingerprint density at radius 2 is 1.75 bits per heavy atom. The van der Waals surface area contributed by atoms with Gasteiger partial charge >= 0.3 is 24.0 Å². The third-order valence-corrected chi connectivity index (χ3v) is 1.46. The Kier molecular flexibility index (Phi) is 2.69. The molecule has 1 atom stereocenters. The molecule has 90 valence electrons. The number of alkyl halides is 6. The van der Waals surface area contributed by atoms with Crippen molar-refractivity contribution in [2.45, 2.75) is 18.1 Å². The summed E-state index contributed by atoms with van der Waals surface area (Å²) in [5, 5.41) is 5.16. The van der Waals surface area contributed by atoms with E-state index in [1.165, 1.54) is 0 Å². The number of carbonyl (C=O) groups is 1. The first kappa shape index (κ1) is 12.5. The van der Waals surface area contributed by atoms with Crippen LogP contribution in [0.2, 0.25) is 0 Å². The zero-order valence-electron chi connectivity index (χ0n) is 7.13. The van der Waals surface area contributed by atoms with Gasteiger partial charge in [0.05, 0.1) is 6.20 Å². The first-order valence-corrected chi connectivity index (χ1v) is 3.55. The fraction of sp³-hybridized carbons (Fsp3) is 0.500. The normalized spacial score (nSPS) is 24.9. The first-order valence-electron chi connectivity index (χ1n) is 3.55. The maximum atomic E-state index is 12.3. The lowest BCUT2D eigenvalue weighted by Gasteiger charge is -2.25. The van der Waals surface area contributed by atoms with Gasteiger partial charge in [-0.15, -0.1) is 5.11 Å². The Labute approximate surface area is 83.6 Å². The highest BCUT2D eigenvalue weighted by molar-refractivity contribution is 5.76. The Bertz CT molecular complexity index is 343. The lowest BCUT2D eigenvalue weighted by molar-refractivity contribution is -0.267. The second-order valence-electron chi connectivity index (χ2n) is 2.61. The van der Waals surface area contributed by atoms with Gasteiger partial charge < -0.3 is 4.74 Å². The molecular weight excluding hydrogens is 246 g/mol. The highest BCUT2D eigenvalue weighted by Crippen LogP contribution is 2.40. The first-order chi connectivity index (χ1) is 7.08. The van der Waals surface area contributed by atoms with Crippen molar-refractivity contribution >= 4 is 5.97 Å². The minimum atomic E-state index is -5.54. The number of hydrogen-bond donors (Lipinski definition) is 0. The molecule has 1 aliphatic rings. The predicted molar refractivity (Wildman–Crippen MR) is 34.9 cm³/mol. The van der Waals surface area contributed by atoms with E-state index in [0.717, 1.165) is 0 Å². The van der Waals surface area contributed by atoms with Gasteiger partial charge in [-0.1, -0.05) is 0 Å². The molecule has 10 heteroatoms. The van der Waals surface area contributed by atoms with Crippen LogP contribution in [0.3, 0.4) is 0 Å². The van der Waals surface area contributed by atoms with Gasteiger partial charge in [-0.05, 0) is 0 Å². The summed E-state index contributed by atoms with van der Waals surface area (Å²) < 4.78 is 75.4. The van der Waals surface area contributed by atoms with Crippen molar-refractivity contribution in [1.29, 1.82) is 0 Å². The van der Waals surface area contributed by atoms with Gasteiger partial charge in [-0.2, -0.15) is 31.5 Å². The summed E-state index contributed by atoms with van der Waals surface area (Å²) in [5.74, 6) is -2.99. The van der Waals surface area contributed by atoms with Crippen LogP contribution in [-0.2, 0) is 9.53 Å². The summed E-state index contributed by atoms with van der Waals surface area (Å²) in [6.45, 7) is 0. The third-order valence-electron chi connectivity index (χ3n) is 1.46. The molecule has 0 aromatic heterocycles.